The molecular weight excluding hydrogens is 426 g/mol. The number of aryl methyl sites for hydroxylation is 2. The van der Waals surface area contributed by atoms with Gasteiger partial charge in [-0.15, -0.1) is 0 Å². The van der Waals surface area contributed by atoms with Crippen molar-refractivity contribution in [1.29, 1.82) is 0 Å². The van der Waals surface area contributed by atoms with Crippen molar-refractivity contribution >= 4 is 27.8 Å². The first-order valence-electron chi connectivity index (χ1n) is 11.7. The molecule has 4 aromatic heterocycles. The van der Waals surface area contributed by atoms with Gasteiger partial charge in [-0.25, -0.2) is 9.78 Å². The molecule has 34 heavy (non-hydrogen) atoms. The second-order valence-electron chi connectivity index (χ2n) is 9.32. The maximum atomic E-state index is 13.4. The van der Waals surface area contributed by atoms with Crippen LogP contribution in [0.4, 0.5) is 5.82 Å². The van der Waals surface area contributed by atoms with E-state index in [2.05, 4.69) is 58.1 Å². The second kappa shape index (κ2) is 7.55. The molecule has 1 aliphatic heterocycles. The van der Waals surface area contributed by atoms with Crippen LogP contribution < -0.4 is 10.6 Å². The first-order chi connectivity index (χ1) is 16.4. The van der Waals surface area contributed by atoms with Crippen molar-refractivity contribution in [2.24, 2.45) is 7.05 Å². The Morgan fingerprint density at radius 3 is 2.44 bits per heavy atom. The van der Waals surface area contributed by atoms with E-state index in [1.807, 2.05) is 30.1 Å². The molecule has 1 fully saturated rings. The maximum Gasteiger partial charge on any atom is 0.333 e. The van der Waals surface area contributed by atoms with Gasteiger partial charge in [0.25, 0.3) is 0 Å². The average molecular weight is 454 g/mol. The molecule has 6 rings (SSSR count). The molecule has 0 amide bonds. The lowest BCUT2D eigenvalue weighted by atomic mass is 10.0. The van der Waals surface area contributed by atoms with E-state index in [1.54, 1.807) is 22.4 Å². The molecule has 1 saturated heterocycles. The predicted octanol–water partition coefficient (Wildman–Crippen LogP) is 4.24. The quantitative estimate of drug-likeness (QED) is 0.407. The van der Waals surface area contributed by atoms with Gasteiger partial charge in [-0.3, -0.25) is 18.8 Å². The zero-order chi connectivity index (χ0) is 23.6. The lowest BCUT2D eigenvalue weighted by Crippen LogP contribution is -2.37. The van der Waals surface area contributed by atoms with E-state index in [0.717, 1.165) is 63.4 Å². The Morgan fingerprint density at radius 2 is 1.79 bits per heavy atom. The number of imidazole rings is 1. The summed E-state index contributed by atoms with van der Waals surface area (Å²) in [7, 11) is 1.79. The summed E-state index contributed by atoms with van der Waals surface area (Å²) in [4.78, 5) is 25.0. The molecule has 8 heteroatoms. The Kier molecular flexibility index (Phi) is 4.58. The number of rotatable bonds is 4. The Bertz CT molecular complexity index is 1600. The molecule has 0 aliphatic carbocycles. The van der Waals surface area contributed by atoms with Crippen molar-refractivity contribution in [3.05, 3.63) is 65.1 Å². The molecule has 5 heterocycles. The number of nitrogens with zero attached hydrogens (tertiary/aromatic N) is 7. The van der Waals surface area contributed by atoms with Gasteiger partial charge in [0.05, 0.1) is 34.1 Å². The van der Waals surface area contributed by atoms with Crippen LogP contribution in [-0.2, 0) is 7.05 Å². The molecule has 1 aliphatic rings. The van der Waals surface area contributed by atoms with Crippen molar-refractivity contribution in [1.82, 2.24) is 28.9 Å². The highest BCUT2D eigenvalue weighted by atomic mass is 16.1. The number of hydrogen-bond acceptors (Lipinski definition) is 5. The summed E-state index contributed by atoms with van der Waals surface area (Å²) in [6, 6.07) is 10.6. The molecule has 0 spiro atoms. The molecule has 8 nitrogen and oxygen atoms in total. The molecular formula is C26H27N7O. The summed E-state index contributed by atoms with van der Waals surface area (Å²) in [6.07, 6.45) is 6.89. The largest absolute Gasteiger partial charge is 0.356 e. The van der Waals surface area contributed by atoms with E-state index >= 15 is 0 Å². The minimum Gasteiger partial charge on any atom is -0.356 e. The normalized spacial score (nSPS) is 13.9. The number of hydrogen-bond donors (Lipinski definition) is 0. The maximum absolute atomic E-state index is 13.4. The lowest BCUT2D eigenvalue weighted by molar-refractivity contribution is 0.529. The summed E-state index contributed by atoms with van der Waals surface area (Å²) in [5.41, 5.74) is 6.06. The number of fused-ring (bicyclic) bond motifs is 3. The summed E-state index contributed by atoms with van der Waals surface area (Å²) < 4.78 is 5.33. The number of pyridine rings is 2. The SMILES string of the molecule is Cc1nn(C(C)C)cc1-n1c(=O)n(C)c2cnc3ccc(-c4ccc(N5CCC5)nc4)cc3c21. The van der Waals surface area contributed by atoms with Crippen LogP contribution in [0.1, 0.15) is 32.0 Å². The van der Waals surface area contributed by atoms with Gasteiger partial charge in [0.2, 0.25) is 0 Å². The van der Waals surface area contributed by atoms with Crippen molar-refractivity contribution in [3.8, 4) is 16.8 Å². The Morgan fingerprint density at radius 1 is 1.00 bits per heavy atom. The summed E-state index contributed by atoms with van der Waals surface area (Å²) in [6.45, 7) is 8.25. The van der Waals surface area contributed by atoms with Crippen molar-refractivity contribution in [3.63, 3.8) is 0 Å². The average Bonchev–Trinajstić information content (AvgIpc) is 3.30. The number of aromatic nitrogens is 6. The Hall–Kier alpha value is -3.94. The van der Waals surface area contributed by atoms with Crippen molar-refractivity contribution < 1.29 is 0 Å². The highest BCUT2D eigenvalue weighted by Gasteiger charge is 2.20. The standard InChI is InChI=1S/C26H27N7O/c1-16(2)32-15-23(17(3)29-32)33-25-20-12-18(19-7-9-24(28-13-19)31-10-5-11-31)6-8-21(20)27-14-22(25)30(4)26(33)34/h6-9,12-16H,5,10-11H2,1-4H3. The number of benzene rings is 1. The fraction of sp³-hybridized carbons (Fsp3) is 0.308. The highest BCUT2D eigenvalue weighted by Crippen LogP contribution is 2.31. The highest BCUT2D eigenvalue weighted by molar-refractivity contribution is 6.04. The Balaban J connectivity index is 1.57. The number of anilines is 1. The van der Waals surface area contributed by atoms with Gasteiger partial charge in [-0.05, 0) is 57.0 Å². The second-order valence-corrected chi connectivity index (χ2v) is 9.32. The fourth-order valence-electron chi connectivity index (χ4n) is 4.65. The zero-order valence-corrected chi connectivity index (χ0v) is 19.9. The van der Waals surface area contributed by atoms with Crippen LogP contribution in [0.25, 0.3) is 38.8 Å². The van der Waals surface area contributed by atoms with Crippen LogP contribution in [0.15, 0.2) is 53.7 Å². The Labute approximate surface area is 197 Å². The van der Waals surface area contributed by atoms with Crippen LogP contribution in [-0.4, -0.2) is 42.0 Å². The van der Waals surface area contributed by atoms with Crippen LogP contribution >= 0.6 is 0 Å². The van der Waals surface area contributed by atoms with E-state index < -0.39 is 0 Å². The molecule has 0 unspecified atom stereocenters. The van der Waals surface area contributed by atoms with Gasteiger partial charge >= 0.3 is 5.69 Å². The summed E-state index contributed by atoms with van der Waals surface area (Å²) in [5.74, 6) is 1.02. The third kappa shape index (κ3) is 3.05. The topological polar surface area (TPSA) is 73.8 Å². The third-order valence-electron chi connectivity index (χ3n) is 6.81. The van der Waals surface area contributed by atoms with Gasteiger partial charge < -0.3 is 4.90 Å². The smallest absolute Gasteiger partial charge is 0.333 e. The van der Waals surface area contributed by atoms with Crippen LogP contribution in [0, 0.1) is 6.92 Å². The summed E-state index contributed by atoms with van der Waals surface area (Å²) >= 11 is 0. The van der Waals surface area contributed by atoms with Gasteiger partial charge in [-0.1, -0.05) is 6.07 Å². The molecule has 1 aromatic carbocycles. The van der Waals surface area contributed by atoms with Gasteiger partial charge in [0, 0.05) is 49.5 Å². The van der Waals surface area contributed by atoms with Crippen LogP contribution in [0.5, 0.6) is 0 Å². The first-order valence-corrected chi connectivity index (χ1v) is 11.7. The van der Waals surface area contributed by atoms with E-state index in [9.17, 15) is 4.79 Å². The van der Waals surface area contributed by atoms with Crippen molar-refractivity contribution in [2.75, 3.05) is 18.0 Å². The molecule has 0 saturated carbocycles. The minimum absolute atomic E-state index is 0.110. The van der Waals surface area contributed by atoms with E-state index in [-0.39, 0.29) is 11.7 Å². The molecule has 0 radical (unpaired) electrons. The predicted molar refractivity (Wildman–Crippen MR) is 135 cm³/mol. The lowest BCUT2D eigenvalue weighted by Gasteiger charge is -2.31. The van der Waals surface area contributed by atoms with Crippen LogP contribution in [0.3, 0.4) is 0 Å². The summed E-state index contributed by atoms with van der Waals surface area (Å²) in [5, 5.41) is 5.57. The van der Waals surface area contributed by atoms with Crippen LogP contribution in [0.2, 0.25) is 0 Å². The van der Waals surface area contributed by atoms with Crippen molar-refractivity contribution in [2.45, 2.75) is 33.2 Å². The molecule has 5 aromatic rings. The zero-order valence-electron chi connectivity index (χ0n) is 19.9. The molecule has 172 valence electrons. The molecule has 0 N–H and O–H groups in total. The minimum atomic E-state index is -0.110. The van der Waals surface area contributed by atoms with Gasteiger partial charge in [-0.2, -0.15) is 5.10 Å². The first kappa shape index (κ1) is 20.7. The van der Waals surface area contributed by atoms with Gasteiger partial charge in [0.1, 0.15) is 5.82 Å². The molecule has 0 atom stereocenters. The van der Waals surface area contributed by atoms with E-state index in [0.29, 0.717) is 0 Å². The fourth-order valence-corrected chi connectivity index (χ4v) is 4.65. The monoisotopic (exact) mass is 453 g/mol. The van der Waals surface area contributed by atoms with E-state index in [4.69, 9.17) is 0 Å². The van der Waals surface area contributed by atoms with E-state index in [1.165, 1.54) is 6.42 Å². The molecule has 0 bridgehead atoms. The third-order valence-corrected chi connectivity index (χ3v) is 6.81. The van der Waals surface area contributed by atoms with Gasteiger partial charge in [0.15, 0.2) is 0 Å².